The smallest absolute Gasteiger partial charge is 0.194 e. The van der Waals surface area contributed by atoms with E-state index in [2.05, 4.69) is 25.1 Å². The van der Waals surface area contributed by atoms with Crippen molar-refractivity contribution in [2.24, 2.45) is 0 Å². The van der Waals surface area contributed by atoms with Crippen LogP contribution >= 0.6 is 45.3 Å². The highest BCUT2D eigenvalue weighted by Gasteiger charge is 2.95. The van der Waals surface area contributed by atoms with Crippen LogP contribution in [0.25, 0.3) is 60.2 Å². The summed E-state index contributed by atoms with van der Waals surface area (Å²) in [6, 6.07) is 13.3. The largest absolute Gasteiger partial charge is 0.460 e. The lowest BCUT2D eigenvalue weighted by molar-refractivity contribution is -0.462. The molecule has 342 valence electrons. The lowest BCUT2D eigenvalue weighted by Gasteiger charge is -2.42. The number of thiophene rings is 4. The van der Waals surface area contributed by atoms with Gasteiger partial charge in [-0.25, -0.2) is 0 Å². The molecule has 4 aromatic heterocycles. The van der Waals surface area contributed by atoms with Crippen molar-refractivity contribution in [1.82, 2.24) is 0 Å². The Morgan fingerprint density at radius 2 is 0.857 bits per heavy atom. The predicted molar refractivity (Wildman–Crippen MR) is 217 cm³/mol. The zero-order valence-corrected chi connectivity index (χ0v) is 35.5. The van der Waals surface area contributed by atoms with Gasteiger partial charge >= 0.3 is 47.6 Å². The lowest BCUT2D eigenvalue weighted by Crippen LogP contribution is -2.74. The average Bonchev–Trinajstić information content (AvgIpc) is 3.97. The predicted octanol–water partition coefficient (Wildman–Crippen LogP) is 18.5. The number of hydrogen-bond donors (Lipinski definition) is 0. The van der Waals surface area contributed by atoms with Gasteiger partial charge in [0.25, 0.3) is 0 Å². The summed E-state index contributed by atoms with van der Waals surface area (Å²) >= 11 is 6.03. The van der Waals surface area contributed by atoms with Crippen molar-refractivity contribution >= 4 is 95.1 Å². The second-order valence-corrected chi connectivity index (χ2v) is 19.6. The number of rotatable bonds is 17. The van der Waals surface area contributed by atoms with Crippen LogP contribution < -0.4 is 0 Å². The maximum absolute atomic E-state index is 15.0. The number of aryl methyl sites for hydroxylation is 1. The fraction of sp³-hybridized carbons (Fsp3) is 0.429. The Balaban J connectivity index is 1.11. The van der Waals surface area contributed by atoms with Gasteiger partial charge in [0.15, 0.2) is 0 Å². The monoisotopic (exact) mass is 986 g/mol. The fourth-order valence-corrected chi connectivity index (χ4v) is 12.3. The van der Waals surface area contributed by atoms with Gasteiger partial charge in [0.05, 0.1) is 9.40 Å². The standard InChI is InChI=1S/C42H31F17S4/c1-2-3-4-5-6-7-8-9-10-25-15-22-16-26-31(19-29(22)60-25)62-34-27-17-23-18-28(61-30(23)20-32(27)63-33(26)34)21-11-13-24(14-12-21)35(43,44)36(45,46)37(47,48)38(49,50)39(51,52)40(53,54)41(55,56)42(57,58)59/h11-20H,2-10H2,1H3. The third-order valence-electron chi connectivity index (χ3n) is 10.9. The molecule has 21 heteroatoms. The number of benzene rings is 3. The molecular formula is C42H31F17S4. The zero-order chi connectivity index (χ0) is 46.3. The molecule has 7 aromatic rings. The summed E-state index contributed by atoms with van der Waals surface area (Å²) in [5.41, 5.74) is -2.25. The van der Waals surface area contributed by atoms with Crippen LogP contribution in [-0.2, 0) is 12.3 Å². The summed E-state index contributed by atoms with van der Waals surface area (Å²) < 4.78 is 241. The van der Waals surface area contributed by atoms with E-state index >= 15 is 0 Å². The molecule has 4 heterocycles. The Morgan fingerprint density at radius 1 is 0.413 bits per heavy atom. The molecule has 0 bridgehead atoms. The lowest BCUT2D eigenvalue weighted by atomic mass is 9.87. The summed E-state index contributed by atoms with van der Waals surface area (Å²) in [4.78, 5) is 1.64. The van der Waals surface area contributed by atoms with Crippen LogP contribution in [0.3, 0.4) is 0 Å². The molecule has 0 nitrogen and oxygen atoms in total. The molecular weight excluding hydrogens is 956 g/mol. The number of unbranched alkanes of at least 4 members (excludes halogenated alkanes) is 7. The molecule has 0 unspecified atom stereocenters. The normalized spacial score (nSPS) is 14.4. The minimum absolute atomic E-state index is 0.00562. The van der Waals surface area contributed by atoms with Crippen molar-refractivity contribution in [3.05, 3.63) is 71.1 Å². The topological polar surface area (TPSA) is 0 Å². The van der Waals surface area contributed by atoms with Gasteiger partial charge in [-0.2, -0.15) is 74.6 Å². The van der Waals surface area contributed by atoms with Crippen LogP contribution in [0.5, 0.6) is 0 Å². The van der Waals surface area contributed by atoms with Gasteiger partial charge in [-0.05, 0) is 65.6 Å². The first kappa shape index (κ1) is 47.5. The maximum atomic E-state index is 15.0. The average molecular weight is 987 g/mol. The Hall–Kier alpha value is -3.43. The van der Waals surface area contributed by atoms with Gasteiger partial charge in [0, 0.05) is 44.9 Å². The van der Waals surface area contributed by atoms with E-state index in [-0.39, 0.29) is 17.7 Å². The van der Waals surface area contributed by atoms with Gasteiger partial charge in [-0.1, -0.05) is 76.1 Å². The first-order valence-corrected chi connectivity index (χ1v) is 22.5. The highest BCUT2D eigenvalue weighted by molar-refractivity contribution is 7.37. The zero-order valence-electron chi connectivity index (χ0n) is 32.2. The van der Waals surface area contributed by atoms with Crippen molar-refractivity contribution in [2.75, 3.05) is 0 Å². The van der Waals surface area contributed by atoms with E-state index in [0.717, 1.165) is 59.1 Å². The third kappa shape index (κ3) is 7.55. The van der Waals surface area contributed by atoms with Crippen molar-refractivity contribution in [1.29, 1.82) is 0 Å². The van der Waals surface area contributed by atoms with Gasteiger partial charge < -0.3 is 0 Å². The first-order chi connectivity index (χ1) is 29.1. The fourth-order valence-electron chi connectivity index (χ4n) is 7.27. The summed E-state index contributed by atoms with van der Waals surface area (Å²) in [5, 5.41) is 3.82. The molecule has 3 aromatic carbocycles. The summed E-state index contributed by atoms with van der Waals surface area (Å²) in [7, 11) is 0. The molecule has 0 radical (unpaired) electrons. The molecule has 0 saturated carbocycles. The summed E-state index contributed by atoms with van der Waals surface area (Å²) in [6.45, 7) is 2.20. The Labute approximate surface area is 362 Å². The van der Waals surface area contributed by atoms with Crippen LogP contribution in [-0.4, -0.2) is 41.7 Å². The maximum Gasteiger partial charge on any atom is 0.460 e. The molecule has 0 atom stereocenters. The highest BCUT2D eigenvalue weighted by atomic mass is 32.1. The van der Waals surface area contributed by atoms with Crippen molar-refractivity contribution in [3.63, 3.8) is 0 Å². The third-order valence-corrected chi connectivity index (χ3v) is 15.7. The molecule has 0 amide bonds. The highest BCUT2D eigenvalue weighted by Crippen LogP contribution is 2.65. The van der Waals surface area contributed by atoms with Crippen LogP contribution in [0.1, 0.15) is 68.7 Å². The van der Waals surface area contributed by atoms with E-state index in [1.807, 2.05) is 12.1 Å². The van der Waals surface area contributed by atoms with Gasteiger partial charge in [-0.15, -0.1) is 45.3 Å². The molecule has 0 spiro atoms. The second-order valence-electron chi connectivity index (χ2n) is 15.3. The van der Waals surface area contributed by atoms with Crippen LogP contribution in [0.15, 0.2) is 60.7 Å². The number of hydrogen-bond acceptors (Lipinski definition) is 4. The molecule has 0 fully saturated rings. The summed E-state index contributed by atoms with van der Waals surface area (Å²) in [6.07, 6.45) is 3.12. The minimum atomic E-state index is -8.67. The second kappa shape index (κ2) is 16.2. The quantitative estimate of drug-likeness (QED) is 0.0630. The van der Waals surface area contributed by atoms with E-state index in [1.54, 1.807) is 40.1 Å². The van der Waals surface area contributed by atoms with Gasteiger partial charge in [-0.3, -0.25) is 0 Å². The Kier molecular flexibility index (Phi) is 12.2. The molecule has 0 aliphatic carbocycles. The van der Waals surface area contributed by atoms with Crippen LogP contribution in [0.4, 0.5) is 74.6 Å². The molecule has 0 aliphatic heterocycles. The molecule has 0 N–H and O–H groups in total. The van der Waals surface area contributed by atoms with Crippen LogP contribution in [0, 0.1) is 0 Å². The molecule has 7 rings (SSSR count). The van der Waals surface area contributed by atoms with Crippen LogP contribution in [0.2, 0.25) is 0 Å². The van der Waals surface area contributed by atoms with E-state index < -0.39 is 53.2 Å². The Morgan fingerprint density at radius 3 is 1.37 bits per heavy atom. The van der Waals surface area contributed by atoms with E-state index in [0.29, 0.717) is 27.1 Å². The SMILES string of the molecule is CCCCCCCCCCc1cc2cc3c(cc2s1)sc1c2cc4cc(-c5ccc(C(F)(F)C(F)(F)C(F)(F)C(F)(F)C(F)(F)C(F)(F)C(F)(F)C(F)(F)F)cc5)sc4cc2sc31. The van der Waals surface area contributed by atoms with E-state index in [4.69, 9.17) is 0 Å². The van der Waals surface area contributed by atoms with Crippen molar-refractivity contribution in [3.8, 4) is 10.4 Å². The summed E-state index contributed by atoms with van der Waals surface area (Å²) in [5.74, 6) is -56.8. The van der Waals surface area contributed by atoms with Crippen molar-refractivity contribution in [2.45, 2.75) is 112 Å². The van der Waals surface area contributed by atoms with E-state index in [1.165, 1.54) is 54.5 Å². The molecule has 0 saturated heterocycles. The van der Waals surface area contributed by atoms with E-state index in [9.17, 15) is 74.6 Å². The minimum Gasteiger partial charge on any atom is -0.194 e. The molecule has 63 heavy (non-hydrogen) atoms. The van der Waals surface area contributed by atoms with Gasteiger partial charge in [0.1, 0.15) is 0 Å². The number of halogens is 17. The number of fused-ring (bicyclic) bond motifs is 7. The van der Waals surface area contributed by atoms with Crippen molar-refractivity contribution < 1.29 is 74.6 Å². The first-order valence-electron chi connectivity index (χ1n) is 19.2. The number of alkyl halides is 17. The van der Waals surface area contributed by atoms with Gasteiger partial charge in [0.2, 0.25) is 0 Å². The molecule has 0 aliphatic rings. The Bertz CT molecular complexity index is 2770.